The molecule has 0 heterocycles. The number of benzene rings is 1. The van der Waals surface area contributed by atoms with Crippen LogP contribution in [0.5, 0.6) is 11.5 Å². The third kappa shape index (κ3) is 3.09. The van der Waals surface area contributed by atoms with Crippen molar-refractivity contribution in [3.63, 3.8) is 0 Å². The van der Waals surface area contributed by atoms with Gasteiger partial charge in [0.2, 0.25) is 0 Å². The number of esters is 1. The molecule has 1 aromatic carbocycles. The van der Waals surface area contributed by atoms with Crippen LogP contribution in [0.3, 0.4) is 0 Å². The lowest BCUT2D eigenvalue weighted by Gasteiger charge is -2.25. The Hall–Kier alpha value is -1.77. The van der Waals surface area contributed by atoms with Gasteiger partial charge in [-0.2, -0.15) is 0 Å². The normalized spacial score (nSPS) is 11.0. The second kappa shape index (κ2) is 5.04. The van der Waals surface area contributed by atoms with Crippen LogP contribution in [0.4, 0.5) is 0 Å². The third-order valence-corrected chi connectivity index (χ3v) is 2.95. The zero-order chi connectivity index (χ0) is 13.1. The molecule has 0 bridgehead atoms. The van der Waals surface area contributed by atoms with Crippen LogP contribution in [-0.2, 0) is 10.2 Å². The van der Waals surface area contributed by atoms with E-state index in [4.69, 9.17) is 4.74 Å². The SMILES string of the molecule is C=CC(=O)Oc1ccc(O)cc1C(C)(C)CC. The number of hydrogen-bond acceptors (Lipinski definition) is 3. The molecule has 0 aliphatic rings. The second-order valence-electron chi connectivity index (χ2n) is 4.54. The molecule has 0 saturated carbocycles. The van der Waals surface area contributed by atoms with E-state index >= 15 is 0 Å². The first-order valence-electron chi connectivity index (χ1n) is 5.58. The monoisotopic (exact) mass is 234 g/mol. The Morgan fingerprint density at radius 2 is 2.18 bits per heavy atom. The van der Waals surface area contributed by atoms with Crippen LogP contribution in [0, 0.1) is 0 Å². The average Bonchev–Trinajstić information content (AvgIpc) is 2.31. The van der Waals surface area contributed by atoms with Crippen LogP contribution in [0.25, 0.3) is 0 Å². The van der Waals surface area contributed by atoms with E-state index in [9.17, 15) is 9.90 Å². The Morgan fingerprint density at radius 1 is 1.53 bits per heavy atom. The van der Waals surface area contributed by atoms with Crippen LogP contribution in [0.1, 0.15) is 32.8 Å². The summed E-state index contributed by atoms with van der Waals surface area (Å²) >= 11 is 0. The lowest BCUT2D eigenvalue weighted by atomic mass is 9.81. The van der Waals surface area contributed by atoms with Gasteiger partial charge in [-0.1, -0.05) is 27.4 Å². The van der Waals surface area contributed by atoms with Gasteiger partial charge in [0.15, 0.2) is 0 Å². The van der Waals surface area contributed by atoms with Gasteiger partial charge in [-0.3, -0.25) is 0 Å². The van der Waals surface area contributed by atoms with Crippen molar-refractivity contribution >= 4 is 5.97 Å². The van der Waals surface area contributed by atoms with E-state index in [1.807, 2.05) is 20.8 Å². The van der Waals surface area contributed by atoms with Crippen LogP contribution >= 0.6 is 0 Å². The van der Waals surface area contributed by atoms with Crippen molar-refractivity contribution in [3.05, 3.63) is 36.4 Å². The van der Waals surface area contributed by atoms with E-state index in [-0.39, 0.29) is 11.2 Å². The molecule has 1 aromatic rings. The largest absolute Gasteiger partial charge is 0.508 e. The summed E-state index contributed by atoms with van der Waals surface area (Å²) in [6.45, 7) is 9.48. The van der Waals surface area contributed by atoms with Gasteiger partial charge in [0, 0.05) is 11.6 Å². The topological polar surface area (TPSA) is 46.5 Å². The Kier molecular flexibility index (Phi) is 3.94. The van der Waals surface area contributed by atoms with E-state index in [1.165, 1.54) is 6.07 Å². The van der Waals surface area contributed by atoms with E-state index in [2.05, 4.69) is 6.58 Å². The maximum atomic E-state index is 11.2. The van der Waals surface area contributed by atoms with E-state index in [0.717, 1.165) is 18.1 Å². The standard InChI is InChI=1S/C14H18O3/c1-5-13(16)17-12-8-7-10(15)9-11(12)14(3,4)6-2/h5,7-9,15H,1,6H2,2-4H3. The van der Waals surface area contributed by atoms with E-state index < -0.39 is 5.97 Å². The summed E-state index contributed by atoms with van der Waals surface area (Å²) in [7, 11) is 0. The first-order valence-corrected chi connectivity index (χ1v) is 5.58. The molecule has 0 saturated heterocycles. The summed E-state index contributed by atoms with van der Waals surface area (Å²) in [6.07, 6.45) is 1.99. The van der Waals surface area contributed by atoms with Gasteiger partial charge in [0.05, 0.1) is 0 Å². The molecule has 3 nitrogen and oxygen atoms in total. The Morgan fingerprint density at radius 3 is 2.71 bits per heavy atom. The van der Waals surface area contributed by atoms with E-state index in [1.54, 1.807) is 12.1 Å². The number of ether oxygens (including phenoxy) is 1. The molecule has 17 heavy (non-hydrogen) atoms. The maximum Gasteiger partial charge on any atom is 0.335 e. The minimum atomic E-state index is -0.496. The summed E-state index contributed by atoms with van der Waals surface area (Å²) in [5.41, 5.74) is 0.644. The smallest absolute Gasteiger partial charge is 0.335 e. The molecule has 0 unspecified atom stereocenters. The van der Waals surface area contributed by atoms with Gasteiger partial charge in [-0.25, -0.2) is 4.79 Å². The van der Waals surface area contributed by atoms with Gasteiger partial charge in [0.25, 0.3) is 0 Å². The quantitative estimate of drug-likeness (QED) is 0.494. The summed E-state index contributed by atoms with van der Waals surface area (Å²) in [4.78, 5) is 11.2. The van der Waals surface area contributed by atoms with Crippen LogP contribution in [0.2, 0.25) is 0 Å². The molecular formula is C14H18O3. The fourth-order valence-electron chi connectivity index (χ4n) is 1.48. The molecule has 0 fully saturated rings. The Labute approximate surface area is 102 Å². The van der Waals surface area contributed by atoms with Crippen molar-refractivity contribution in [3.8, 4) is 11.5 Å². The summed E-state index contributed by atoms with van der Waals surface area (Å²) in [6, 6.07) is 4.74. The highest BCUT2D eigenvalue weighted by atomic mass is 16.5. The van der Waals surface area contributed by atoms with Crippen molar-refractivity contribution in [2.75, 3.05) is 0 Å². The highest BCUT2D eigenvalue weighted by Crippen LogP contribution is 2.36. The van der Waals surface area contributed by atoms with Crippen molar-refractivity contribution in [2.24, 2.45) is 0 Å². The number of phenolic OH excluding ortho intramolecular Hbond substituents is 1. The van der Waals surface area contributed by atoms with Crippen LogP contribution < -0.4 is 4.74 Å². The zero-order valence-electron chi connectivity index (χ0n) is 10.5. The number of rotatable bonds is 4. The molecule has 1 N–H and O–H groups in total. The van der Waals surface area contributed by atoms with Crippen molar-refractivity contribution in [1.82, 2.24) is 0 Å². The van der Waals surface area contributed by atoms with Gasteiger partial charge in [-0.15, -0.1) is 0 Å². The zero-order valence-corrected chi connectivity index (χ0v) is 10.5. The molecule has 0 radical (unpaired) electrons. The van der Waals surface area contributed by atoms with Crippen molar-refractivity contribution < 1.29 is 14.6 Å². The predicted octanol–water partition coefficient (Wildman–Crippen LogP) is 3.17. The fraction of sp³-hybridized carbons (Fsp3) is 0.357. The number of phenols is 1. The first-order chi connectivity index (χ1) is 7.90. The number of hydrogen-bond donors (Lipinski definition) is 1. The highest BCUT2D eigenvalue weighted by Gasteiger charge is 2.23. The van der Waals surface area contributed by atoms with E-state index in [0.29, 0.717) is 5.75 Å². The lowest BCUT2D eigenvalue weighted by Crippen LogP contribution is -2.18. The van der Waals surface area contributed by atoms with Crippen molar-refractivity contribution in [2.45, 2.75) is 32.6 Å². The highest BCUT2D eigenvalue weighted by molar-refractivity contribution is 5.83. The van der Waals surface area contributed by atoms with Crippen LogP contribution in [0.15, 0.2) is 30.9 Å². The van der Waals surface area contributed by atoms with Crippen molar-refractivity contribution in [1.29, 1.82) is 0 Å². The average molecular weight is 234 g/mol. The lowest BCUT2D eigenvalue weighted by molar-refractivity contribution is -0.129. The molecular weight excluding hydrogens is 216 g/mol. The molecule has 0 aliphatic carbocycles. The number of carbonyl (C=O) groups is 1. The maximum absolute atomic E-state index is 11.2. The molecule has 0 aromatic heterocycles. The predicted molar refractivity (Wildman–Crippen MR) is 67.3 cm³/mol. The van der Waals surface area contributed by atoms with Gasteiger partial charge < -0.3 is 9.84 Å². The first kappa shape index (κ1) is 13.3. The summed E-state index contributed by atoms with van der Waals surface area (Å²) < 4.78 is 5.17. The molecule has 0 amide bonds. The minimum absolute atomic E-state index is 0.167. The van der Waals surface area contributed by atoms with Crippen LogP contribution in [-0.4, -0.2) is 11.1 Å². The number of carbonyl (C=O) groups excluding carboxylic acids is 1. The second-order valence-corrected chi connectivity index (χ2v) is 4.54. The fourth-order valence-corrected chi connectivity index (χ4v) is 1.48. The Bertz CT molecular complexity index is 433. The van der Waals surface area contributed by atoms with Gasteiger partial charge in [-0.05, 0) is 30.0 Å². The summed E-state index contributed by atoms with van der Waals surface area (Å²) in [5.74, 6) is 0.142. The van der Waals surface area contributed by atoms with Gasteiger partial charge in [0.1, 0.15) is 11.5 Å². The minimum Gasteiger partial charge on any atom is -0.508 e. The molecule has 0 atom stereocenters. The molecule has 0 spiro atoms. The third-order valence-electron chi connectivity index (χ3n) is 2.95. The number of aromatic hydroxyl groups is 1. The molecule has 0 aliphatic heterocycles. The molecule has 1 rings (SSSR count). The molecule has 3 heteroatoms. The van der Waals surface area contributed by atoms with Gasteiger partial charge >= 0.3 is 5.97 Å². The summed E-state index contributed by atoms with van der Waals surface area (Å²) in [5, 5.41) is 9.53. The Balaban J connectivity index is 3.21. The molecule has 92 valence electrons.